The molecule has 0 amide bonds. The number of benzene rings is 1. The van der Waals surface area contributed by atoms with Crippen molar-refractivity contribution >= 4 is 28.1 Å². The van der Waals surface area contributed by atoms with Gasteiger partial charge in [0.25, 0.3) is 0 Å². The molecule has 2 unspecified atom stereocenters. The molecule has 4 nitrogen and oxygen atoms in total. The average molecular weight is 261 g/mol. The SMILES string of the molecule is Nc1ccc(Cl)c(S(=O)C2CCNC2)c1O. The Kier molecular flexibility index (Phi) is 3.37. The number of hydrogen-bond acceptors (Lipinski definition) is 4. The first-order valence-corrected chi connectivity index (χ1v) is 6.58. The average Bonchev–Trinajstić information content (AvgIpc) is 2.77. The van der Waals surface area contributed by atoms with Gasteiger partial charge in [0.05, 0.1) is 26.8 Å². The summed E-state index contributed by atoms with van der Waals surface area (Å²) in [5, 5.41) is 13.2. The minimum absolute atomic E-state index is 0.00907. The second-order valence-electron chi connectivity index (χ2n) is 3.73. The van der Waals surface area contributed by atoms with E-state index in [1.54, 1.807) is 6.07 Å². The first-order chi connectivity index (χ1) is 7.61. The normalized spacial score (nSPS) is 22.2. The molecule has 0 aromatic heterocycles. The number of aromatic hydroxyl groups is 1. The number of nitrogens with one attached hydrogen (secondary N) is 1. The molecule has 0 spiro atoms. The third kappa shape index (κ3) is 2.03. The Balaban J connectivity index is 2.39. The highest BCUT2D eigenvalue weighted by atomic mass is 35.5. The molecular weight excluding hydrogens is 248 g/mol. The van der Waals surface area contributed by atoms with Crippen LogP contribution in [0.2, 0.25) is 5.02 Å². The maximum Gasteiger partial charge on any atom is 0.156 e. The van der Waals surface area contributed by atoms with E-state index in [1.807, 2.05) is 0 Å². The van der Waals surface area contributed by atoms with Gasteiger partial charge >= 0.3 is 0 Å². The highest BCUT2D eigenvalue weighted by molar-refractivity contribution is 7.86. The largest absolute Gasteiger partial charge is 0.505 e. The second-order valence-corrected chi connectivity index (χ2v) is 5.80. The molecule has 1 heterocycles. The second kappa shape index (κ2) is 4.61. The zero-order valence-electron chi connectivity index (χ0n) is 8.57. The summed E-state index contributed by atoms with van der Waals surface area (Å²) in [4.78, 5) is 0.260. The Bertz CT molecular complexity index is 433. The number of nitrogen functional groups attached to an aromatic ring is 1. The summed E-state index contributed by atoms with van der Waals surface area (Å²) in [6, 6.07) is 3.07. The van der Waals surface area contributed by atoms with Crippen molar-refractivity contribution in [3.05, 3.63) is 17.2 Å². The lowest BCUT2D eigenvalue weighted by atomic mass is 10.3. The molecule has 0 bridgehead atoms. The maximum atomic E-state index is 12.2. The first-order valence-electron chi connectivity index (χ1n) is 4.99. The summed E-state index contributed by atoms with van der Waals surface area (Å²) >= 11 is 5.95. The summed E-state index contributed by atoms with van der Waals surface area (Å²) in [5.74, 6) is -0.155. The Hall–Kier alpha value is -0.780. The van der Waals surface area contributed by atoms with Crippen LogP contribution in [0.3, 0.4) is 0 Å². The van der Waals surface area contributed by atoms with Crippen molar-refractivity contribution in [1.82, 2.24) is 5.32 Å². The van der Waals surface area contributed by atoms with Crippen LogP contribution >= 0.6 is 11.6 Å². The highest BCUT2D eigenvalue weighted by Gasteiger charge is 2.26. The van der Waals surface area contributed by atoms with Gasteiger partial charge in [-0.1, -0.05) is 11.6 Å². The van der Waals surface area contributed by atoms with Crippen LogP contribution in [0.4, 0.5) is 5.69 Å². The molecule has 1 aliphatic rings. The fraction of sp³-hybridized carbons (Fsp3) is 0.400. The minimum Gasteiger partial charge on any atom is -0.505 e. The molecule has 6 heteroatoms. The van der Waals surface area contributed by atoms with E-state index in [0.717, 1.165) is 13.0 Å². The third-order valence-corrected chi connectivity index (χ3v) is 4.88. The van der Waals surface area contributed by atoms with Gasteiger partial charge in [-0.15, -0.1) is 0 Å². The van der Waals surface area contributed by atoms with E-state index in [4.69, 9.17) is 17.3 Å². The van der Waals surface area contributed by atoms with Gasteiger partial charge < -0.3 is 16.2 Å². The molecule has 0 radical (unpaired) electrons. The van der Waals surface area contributed by atoms with Crippen molar-refractivity contribution in [3.8, 4) is 5.75 Å². The molecule has 0 saturated carbocycles. The summed E-state index contributed by atoms with van der Waals surface area (Å²) in [5.41, 5.74) is 5.77. The summed E-state index contributed by atoms with van der Waals surface area (Å²) in [6.07, 6.45) is 0.817. The number of nitrogens with two attached hydrogens (primary N) is 1. The first kappa shape index (κ1) is 11.7. The van der Waals surface area contributed by atoms with Crippen molar-refractivity contribution < 1.29 is 9.32 Å². The van der Waals surface area contributed by atoms with Crippen molar-refractivity contribution in [2.24, 2.45) is 0 Å². The van der Waals surface area contributed by atoms with Crippen molar-refractivity contribution in [2.75, 3.05) is 18.8 Å². The molecule has 16 heavy (non-hydrogen) atoms. The van der Waals surface area contributed by atoms with Crippen LogP contribution in [0.1, 0.15) is 6.42 Å². The van der Waals surface area contributed by atoms with E-state index in [1.165, 1.54) is 6.07 Å². The number of phenolic OH excluding ortho intramolecular Hbond substituents is 1. The van der Waals surface area contributed by atoms with Gasteiger partial charge in [0.1, 0.15) is 4.90 Å². The molecule has 2 atom stereocenters. The summed E-state index contributed by atoms with van der Waals surface area (Å²) < 4.78 is 12.2. The summed E-state index contributed by atoms with van der Waals surface area (Å²) in [7, 11) is -1.32. The van der Waals surface area contributed by atoms with Gasteiger partial charge in [0.15, 0.2) is 5.75 Å². The van der Waals surface area contributed by atoms with E-state index in [2.05, 4.69) is 5.32 Å². The van der Waals surface area contributed by atoms with Gasteiger partial charge in [-0.25, -0.2) is 0 Å². The van der Waals surface area contributed by atoms with Crippen LogP contribution in [0.15, 0.2) is 17.0 Å². The van der Waals surface area contributed by atoms with Gasteiger partial charge in [0.2, 0.25) is 0 Å². The van der Waals surface area contributed by atoms with E-state index < -0.39 is 10.8 Å². The Morgan fingerprint density at radius 3 is 2.94 bits per heavy atom. The quantitative estimate of drug-likeness (QED) is 0.550. The van der Waals surface area contributed by atoms with Crippen LogP contribution < -0.4 is 11.1 Å². The van der Waals surface area contributed by atoms with Gasteiger partial charge in [-0.2, -0.15) is 0 Å². The standard InChI is InChI=1S/C10H13ClN2O2S/c11-7-1-2-8(12)9(14)10(7)16(15)6-3-4-13-5-6/h1-2,6,13-14H,3-5,12H2. The van der Waals surface area contributed by atoms with Crippen LogP contribution in [0.5, 0.6) is 5.75 Å². The molecule has 88 valence electrons. The summed E-state index contributed by atoms with van der Waals surface area (Å²) in [6.45, 7) is 1.52. The van der Waals surface area contributed by atoms with Crippen molar-refractivity contribution in [1.29, 1.82) is 0 Å². The highest BCUT2D eigenvalue weighted by Crippen LogP contribution is 2.35. The minimum atomic E-state index is -1.32. The van der Waals surface area contributed by atoms with E-state index in [0.29, 0.717) is 11.6 Å². The predicted molar refractivity (Wildman–Crippen MR) is 65.2 cm³/mol. The van der Waals surface area contributed by atoms with Gasteiger partial charge in [0, 0.05) is 6.54 Å². The lowest BCUT2D eigenvalue weighted by molar-refractivity contribution is 0.464. The predicted octanol–water partition coefficient (Wildman–Crippen LogP) is 1.10. The number of phenols is 1. The molecule has 2 rings (SSSR count). The van der Waals surface area contributed by atoms with Crippen molar-refractivity contribution in [3.63, 3.8) is 0 Å². The van der Waals surface area contributed by atoms with Crippen LogP contribution in [0, 0.1) is 0 Å². The maximum absolute atomic E-state index is 12.2. The Morgan fingerprint density at radius 2 is 2.31 bits per heavy atom. The van der Waals surface area contributed by atoms with E-state index in [9.17, 15) is 9.32 Å². The number of rotatable bonds is 2. The molecular formula is C10H13ClN2O2S. The molecule has 0 aliphatic carbocycles. The van der Waals surface area contributed by atoms with E-state index >= 15 is 0 Å². The monoisotopic (exact) mass is 260 g/mol. The fourth-order valence-electron chi connectivity index (χ4n) is 1.73. The Labute approximate surface area is 101 Å². The van der Waals surface area contributed by atoms with Crippen molar-refractivity contribution in [2.45, 2.75) is 16.6 Å². The smallest absolute Gasteiger partial charge is 0.156 e. The number of halogens is 1. The van der Waals surface area contributed by atoms with Gasteiger partial charge in [-0.05, 0) is 25.1 Å². The molecule has 4 N–H and O–H groups in total. The zero-order chi connectivity index (χ0) is 11.7. The lowest BCUT2D eigenvalue weighted by Gasteiger charge is -2.12. The molecule has 1 aromatic rings. The van der Waals surface area contributed by atoms with Gasteiger partial charge in [-0.3, -0.25) is 4.21 Å². The zero-order valence-corrected chi connectivity index (χ0v) is 10.1. The molecule has 1 aliphatic heterocycles. The molecule has 1 aromatic carbocycles. The molecule has 1 fully saturated rings. The van der Waals surface area contributed by atoms with Crippen LogP contribution in [-0.2, 0) is 10.8 Å². The molecule has 1 saturated heterocycles. The fourth-order valence-corrected chi connectivity index (χ4v) is 3.61. The topological polar surface area (TPSA) is 75.4 Å². The Morgan fingerprint density at radius 1 is 1.56 bits per heavy atom. The van der Waals surface area contributed by atoms with Crippen LogP contribution in [0.25, 0.3) is 0 Å². The number of anilines is 1. The number of hydrogen-bond donors (Lipinski definition) is 3. The van der Waals surface area contributed by atoms with Crippen LogP contribution in [-0.4, -0.2) is 27.7 Å². The third-order valence-electron chi connectivity index (χ3n) is 2.63. The van der Waals surface area contributed by atoms with E-state index in [-0.39, 0.29) is 21.6 Å². The lowest BCUT2D eigenvalue weighted by Crippen LogP contribution is -2.19.